The van der Waals surface area contributed by atoms with Crippen LogP contribution < -0.4 is 15.3 Å². The van der Waals surface area contributed by atoms with E-state index < -0.39 is 13.3 Å². The van der Waals surface area contributed by atoms with E-state index in [9.17, 15) is 4.57 Å². The number of nitrogens with two attached hydrogens (primary N) is 1. The van der Waals surface area contributed by atoms with Gasteiger partial charge in [-0.15, -0.1) is 0 Å². The van der Waals surface area contributed by atoms with Crippen LogP contribution in [0.2, 0.25) is 5.02 Å². The average Bonchev–Trinajstić information content (AvgIpc) is 3.68. The van der Waals surface area contributed by atoms with Crippen molar-refractivity contribution >= 4 is 47.1 Å². The smallest absolute Gasteiger partial charge is 0.413 e. The molecule has 208 valence electrons. The minimum absolute atomic E-state index is 0.0244. The van der Waals surface area contributed by atoms with Crippen LogP contribution in [-0.4, -0.2) is 33.8 Å². The van der Waals surface area contributed by atoms with Gasteiger partial charge >= 0.3 is 7.75 Å². The van der Waals surface area contributed by atoms with Gasteiger partial charge in [-0.1, -0.05) is 29.8 Å². The molecule has 0 aliphatic heterocycles. The van der Waals surface area contributed by atoms with Crippen LogP contribution in [0, 0.1) is 5.92 Å². The minimum atomic E-state index is -3.77. The molecule has 1 fully saturated rings. The summed E-state index contributed by atoms with van der Waals surface area (Å²) < 4.78 is 34.2. The summed E-state index contributed by atoms with van der Waals surface area (Å²) in [6.45, 7) is 8.82. The van der Waals surface area contributed by atoms with Gasteiger partial charge in [-0.25, -0.2) is 19.6 Å². The lowest BCUT2D eigenvalue weighted by Crippen LogP contribution is -2.36. The Labute approximate surface area is 233 Å². The number of nitrogen functional groups attached to an aromatic ring is 1. The second kappa shape index (κ2) is 11.1. The van der Waals surface area contributed by atoms with Crippen LogP contribution in [-0.2, 0) is 26.0 Å². The summed E-state index contributed by atoms with van der Waals surface area (Å²) in [5, 5.41) is 4.63. The molecule has 4 aromatic rings. The number of ether oxygens (including phenoxy) is 1. The van der Waals surface area contributed by atoms with Gasteiger partial charge < -0.3 is 19.6 Å². The molecule has 0 amide bonds. The Balaban J connectivity index is 1.52. The number of rotatable bonds is 12. The van der Waals surface area contributed by atoms with Crippen molar-refractivity contribution in [3.63, 3.8) is 0 Å². The van der Waals surface area contributed by atoms with E-state index >= 15 is 0 Å². The molecule has 11 heteroatoms. The van der Waals surface area contributed by atoms with Crippen molar-refractivity contribution in [1.82, 2.24) is 19.6 Å². The number of benzene rings is 2. The van der Waals surface area contributed by atoms with Crippen LogP contribution in [0.1, 0.15) is 46.4 Å². The van der Waals surface area contributed by atoms with Crippen LogP contribution in [0.4, 0.5) is 5.82 Å². The minimum Gasteiger partial charge on any atom is -0.413 e. The zero-order valence-corrected chi connectivity index (χ0v) is 24.3. The second-order valence-corrected chi connectivity index (χ2v) is 12.7. The van der Waals surface area contributed by atoms with Crippen LogP contribution in [0.5, 0.6) is 5.75 Å². The number of hydrogen-bond donors (Lipinski definition) is 2. The maximum atomic E-state index is 14.1. The van der Waals surface area contributed by atoms with E-state index in [1.165, 1.54) is 0 Å². The normalized spacial score (nSPS) is 16.4. The van der Waals surface area contributed by atoms with Crippen LogP contribution in [0.15, 0.2) is 48.5 Å². The maximum absolute atomic E-state index is 14.1. The third kappa shape index (κ3) is 6.08. The van der Waals surface area contributed by atoms with Crippen molar-refractivity contribution in [2.75, 3.05) is 18.9 Å². The summed E-state index contributed by atoms with van der Waals surface area (Å²) >= 11 is 6.04. The number of hydrogen-bond acceptors (Lipinski definition) is 7. The fourth-order valence-corrected chi connectivity index (χ4v) is 6.67. The molecule has 1 aliphatic rings. The van der Waals surface area contributed by atoms with E-state index in [2.05, 4.69) is 14.6 Å². The van der Waals surface area contributed by atoms with E-state index in [0.29, 0.717) is 40.5 Å². The number of halogens is 1. The van der Waals surface area contributed by atoms with Gasteiger partial charge in [-0.3, -0.25) is 4.52 Å². The molecule has 0 saturated heterocycles. The predicted molar refractivity (Wildman–Crippen MR) is 155 cm³/mol. The first-order valence-corrected chi connectivity index (χ1v) is 15.1. The largest absolute Gasteiger partial charge is 0.459 e. The topological polar surface area (TPSA) is 114 Å². The van der Waals surface area contributed by atoms with Crippen LogP contribution in [0.25, 0.3) is 21.9 Å². The fourth-order valence-electron chi connectivity index (χ4n) is 4.77. The molecule has 1 saturated carbocycles. The van der Waals surface area contributed by atoms with E-state index in [1.54, 1.807) is 24.3 Å². The first-order valence-electron chi connectivity index (χ1n) is 13.2. The van der Waals surface area contributed by atoms with Gasteiger partial charge in [0.25, 0.3) is 0 Å². The molecule has 0 bridgehead atoms. The molecule has 0 spiro atoms. The number of aromatic nitrogens is 3. The summed E-state index contributed by atoms with van der Waals surface area (Å²) in [6, 6.07) is 14.5. The summed E-state index contributed by atoms with van der Waals surface area (Å²) in [5.41, 5.74) is 7.83. The quantitative estimate of drug-likeness (QED) is 0.181. The Morgan fingerprint density at radius 1 is 1.18 bits per heavy atom. The second-order valence-electron chi connectivity index (χ2n) is 10.6. The van der Waals surface area contributed by atoms with Crippen molar-refractivity contribution in [3.05, 3.63) is 59.4 Å². The Bertz CT molecular complexity index is 1520. The molecule has 5 rings (SSSR count). The number of nitrogens with zero attached hydrogens (tertiary/aromatic N) is 3. The molecule has 9 nitrogen and oxygen atoms in total. The van der Waals surface area contributed by atoms with E-state index in [1.807, 2.05) is 52.0 Å². The highest BCUT2D eigenvalue weighted by molar-refractivity contribution is 7.52. The van der Waals surface area contributed by atoms with Gasteiger partial charge in [0.2, 0.25) is 0 Å². The number of imidazole rings is 1. The number of anilines is 1. The third-order valence-electron chi connectivity index (χ3n) is 6.95. The van der Waals surface area contributed by atoms with Gasteiger partial charge in [0.1, 0.15) is 23.7 Å². The van der Waals surface area contributed by atoms with Crippen molar-refractivity contribution in [2.24, 2.45) is 5.92 Å². The summed E-state index contributed by atoms with van der Waals surface area (Å²) in [5.74, 6) is 1.87. The zero-order chi connectivity index (χ0) is 27.8. The van der Waals surface area contributed by atoms with Crippen molar-refractivity contribution in [3.8, 4) is 5.75 Å². The van der Waals surface area contributed by atoms with Crippen LogP contribution >= 0.6 is 19.3 Å². The van der Waals surface area contributed by atoms with Gasteiger partial charge in [0, 0.05) is 23.1 Å². The zero-order valence-electron chi connectivity index (χ0n) is 22.7. The number of pyridine rings is 1. The van der Waals surface area contributed by atoms with Crippen LogP contribution in [0.3, 0.4) is 0 Å². The molecule has 2 heterocycles. The Hall–Kier alpha value is -2.68. The molecule has 3 N–H and O–H groups in total. The summed E-state index contributed by atoms with van der Waals surface area (Å²) in [4.78, 5) is 9.39. The summed E-state index contributed by atoms with van der Waals surface area (Å²) in [7, 11) is -3.77. The third-order valence-corrected chi connectivity index (χ3v) is 8.84. The highest BCUT2D eigenvalue weighted by atomic mass is 35.5. The predicted octanol–water partition coefficient (Wildman–Crippen LogP) is 6.68. The van der Waals surface area contributed by atoms with Gasteiger partial charge in [-0.05, 0) is 76.8 Å². The van der Waals surface area contributed by atoms with Gasteiger partial charge in [0.15, 0.2) is 5.82 Å². The molecule has 2 aromatic carbocycles. The standard InChI is InChI=1S/C28H35ClN5O4P/c1-5-36-16-24-32-25-26(22-8-6-7-9-23(22)31-27(25)30)34(24)28(3,4)17-37-39(35,33-18(2)19-10-11-19)38-21-14-12-20(29)13-15-21/h6-9,12-15,18-19H,5,10-11,16-17H2,1-4H3,(H2,30,31)(H,33,35)/t18-,39?/m0/s1. The first kappa shape index (κ1) is 27.9. The lowest BCUT2D eigenvalue weighted by Gasteiger charge is -2.32. The number of nitrogens with one attached hydrogen (secondary N) is 1. The van der Waals surface area contributed by atoms with Gasteiger partial charge in [-0.2, -0.15) is 0 Å². The Kier molecular flexibility index (Phi) is 7.91. The lowest BCUT2D eigenvalue weighted by atomic mass is 10.1. The van der Waals surface area contributed by atoms with E-state index in [-0.39, 0.29) is 19.3 Å². The van der Waals surface area contributed by atoms with E-state index in [0.717, 1.165) is 29.3 Å². The van der Waals surface area contributed by atoms with Gasteiger partial charge in [0.05, 0.1) is 23.2 Å². The summed E-state index contributed by atoms with van der Waals surface area (Å²) in [6.07, 6.45) is 2.18. The van der Waals surface area contributed by atoms with Crippen molar-refractivity contribution in [2.45, 2.75) is 58.7 Å². The molecule has 2 aromatic heterocycles. The molecule has 39 heavy (non-hydrogen) atoms. The van der Waals surface area contributed by atoms with Crippen molar-refractivity contribution < 1.29 is 18.3 Å². The Morgan fingerprint density at radius 3 is 2.59 bits per heavy atom. The molecule has 1 unspecified atom stereocenters. The first-order chi connectivity index (χ1) is 18.6. The molecule has 1 aliphatic carbocycles. The lowest BCUT2D eigenvalue weighted by molar-refractivity contribution is 0.113. The molecule has 0 radical (unpaired) electrons. The average molecular weight is 572 g/mol. The number of para-hydroxylation sites is 1. The van der Waals surface area contributed by atoms with E-state index in [4.69, 9.17) is 36.1 Å². The SMILES string of the molecule is CCOCc1nc2c(N)nc3ccccc3c2n1C(C)(C)COP(=O)(N[C@@H](C)C1CC1)Oc1ccc(Cl)cc1. The maximum Gasteiger partial charge on any atom is 0.459 e. The molecular weight excluding hydrogens is 537 g/mol. The molecular formula is C28H35ClN5O4P. The highest BCUT2D eigenvalue weighted by Gasteiger charge is 2.38. The molecule has 2 atom stereocenters. The fraction of sp³-hybridized carbons (Fsp3) is 0.429. The highest BCUT2D eigenvalue weighted by Crippen LogP contribution is 2.49. The Morgan fingerprint density at radius 2 is 1.90 bits per heavy atom. The monoisotopic (exact) mass is 571 g/mol. The van der Waals surface area contributed by atoms with Crippen molar-refractivity contribution in [1.29, 1.82) is 0 Å². The number of fused-ring (bicyclic) bond motifs is 3.